The van der Waals surface area contributed by atoms with E-state index in [2.05, 4.69) is 0 Å². The smallest absolute Gasteiger partial charge is 0.401 e. The molecule has 0 aromatic carbocycles. The second-order valence-electron chi connectivity index (χ2n) is 2.37. The number of aromatic carboxylic acids is 1. The number of carbonyl (C=O) groups is 1. The van der Waals surface area contributed by atoms with Gasteiger partial charge in [0.25, 0.3) is 5.69 Å². The molecule has 4 heteroatoms. The predicted molar refractivity (Wildman–Crippen MR) is 46.4 cm³/mol. The van der Waals surface area contributed by atoms with Gasteiger partial charge in [-0.25, -0.2) is 4.79 Å². The van der Waals surface area contributed by atoms with Crippen LogP contribution in [-0.4, -0.2) is 17.3 Å². The van der Waals surface area contributed by atoms with E-state index in [1.165, 1.54) is 11.8 Å². The summed E-state index contributed by atoms with van der Waals surface area (Å²) in [5.74, 6) is -0.895. The van der Waals surface area contributed by atoms with E-state index in [0.29, 0.717) is 5.69 Å². The van der Waals surface area contributed by atoms with Crippen LogP contribution in [0.1, 0.15) is 10.5 Å². The Morgan fingerprint density at radius 3 is 2.83 bits per heavy atom. The molecular weight excluding hydrogens is 174 g/mol. The summed E-state index contributed by atoms with van der Waals surface area (Å²) in [5.41, 5.74) is 0.307. The van der Waals surface area contributed by atoms with Crippen LogP contribution in [0, 0.1) is 0 Å². The lowest BCUT2D eigenvalue weighted by Gasteiger charge is -1.96. The molecule has 1 aromatic rings. The summed E-state index contributed by atoms with van der Waals surface area (Å²) in [7, 11) is 1.72. The number of thioether (sulfide) groups is 1. The third-order valence-electron chi connectivity index (χ3n) is 1.58. The number of aryl methyl sites for hydroxylation is 1. The van der Waals surface area contributed by atoms with Crippen LogP contribution in [0.25, 0.3) is 0 Å². The highest BCUT2D eigenvalue weighted by Gasteiger charge is 2.14. The van der Waals surface area contributed by atoms with Crippen LogP contribution < -0.4 is 4.57 Å². The van der Waals surface area contributed by atoms with Gasteiger partial charge < -0.3 is 5.11 Å². The van der Waals surface area contributed by atoms with Crippen LogP contribution in [-0.2, 0) is 7.05 Å². The predicted octanol–water partition coefficient (Wildman–Crippen LogP) is 0.931. The Morgan fingerprint density at radius 1 is 1.67 bits per heavy atom. The van der Waals surface area contributed by atoms with Crippen LogP contribution in [0.2, 0.25) is 0 Å². The number of aromatic nitrogens is 1. The zero-order valence-electron chi connectivity index (χ0n) is 6.94. The van der Waals surface area contributed by atoms with E-state index in [0.717, 1.165) is 4.90 Å². The molecule has 12 heavy (non-hydrogen) atoms. The van der Waals surface area contributed by atoms with Gasteiger partial charge >= 0.3 is 5.97 Å². The summed E-state index contributed by atoms with van der Waals surface area (Å²) in [4.78, 5) is 11.6. The molecule has 1 aromatic heterocycles. The molecule has 0 radical (unpaired) electrons. The standard InChI is InChI=1S/C8H9NO2S/c1-9-4-3-6(12-2)5-7(9)8(10)11/h3-5H,1-2H3/p+1. The highest BCUT2D eigenvalue weighted by atomic mass is 32.2. The maximum atomic E-state index is 10.7. The van der Waals surface area contributed by atoms with E-state index in [1.54, 1.807) is 23.9 Å². The second-order valence-corrected chi connectivity index (χ2v) is 3.25. The van der Waals surface area contributed by atoms with Crippen molar-refractivity contribution in [3.05, 3.63) is 24.0 Å². The molecule has 0 amide bonds. The van der Waals surface area contributed by atoms with Crippen LogP contribution in [0.15, 0.2) is 23.2 Å². The number of carboxylic acids is 1. The Morgan fingerprint density at radius 2 is 2.33 bits per heavy atom. The third-order valence-corrected chi connectivity index (χ3v) is 2.30. The molecule has 1 heterocycles. The first-order chi connectivity index (χ1) is 5.65. The van der Waals surface area contributed by atoms with Crippen molar-refractivity contribution in [2.75, 3.05) is 6.26 Å². The molecule has 0 spiro atoms. The largest absolute Gasteiger partial charge is 0.473 e. The molecule has 0 aliphatic heterocycles. The molecule has 0 unspecified atom stereocenters. The first-order valence-corrected chi connectivity index (χ1v) is 4.64. The molecule has 0 bridgehead atoms. The summed E-state index contributed by atoms with van der Waals surface area (Å²) in [6.45, 7) is 0. The topological polar surface area (TPSA) is 41.2 Å². The Bertz CT molecular complexity index is 312. The van der Waals surface area contributed by atoms with Gasteiger partial charge in [0, 0.05) is 17.0 Å². The number of rotatable bonds is 2. The number of nitrogens with zero attached hydrogens (tertiary/aromatic N) is 1. The lowest BCUT2D eigenvalue weighted by molar-refractivity contribution is -0.674. The molecule has 3 nitrogen and oxygen atoms in total. The van der Waals surface area contributed by atoms with E-state index in [-0.39, 0.29) is 0 Å². The Hall–Kier alpha value is -1.03. The second kappa shape index (κ2) is 3.58. The van der Waals surface area contributed by atoms with Gasteiger partial charge in [0.1, 0.15) is 7.05 Å². The van der Waals surface area contributed by atoms with Crippen molar-refractivity contribution < 1.29 is 14.5 Å². The highest BCUT2D eigenvalue weighted by Crippen LogP contribution is 2.12. The number of carboxylic acid groups (broad SMARTS) is 1. The quantitative estimate of drug-likeness (QED) is 0.549. The molecular formula is C8H10NO2S+. The van der Waals surface area contributed by atoms with E-state index in [9.17, 15) is 4.79 Å². The van der Waals surface area contributed by atoms with Gasteiger partial charge in [0.15, 0.2) is 6.20 Å². The first kappa shape index (κ1) is 9.06. The highest BCUT2D eigenvalue weighted by molar-refractivity contribution is 7.98. The molecule has 1 rings (SSSR count). The normalized spacial score (nSPS) is 9.83. The van der Waals surface area contributed by atoms with Crippen molar-refractivity contribution in [3.8, 4) is 0 Å². The van der Waals surface area contributed by atoms with E-state index >= 15 is 0 Å². The molecule has 0 saturated carbocycles. The Balaban J connectivity index is 3.17. The lowest BCUT2D eigenvalue weighted by Crippen LogP contribution is -2.35. The van der Waals surface area contributed by atoms with Crippen LogP contribution in [0.5, 0.6) is 0 Å². The monoisotopic (exact) mass is 184 g/mol. The number of hydrogen-bond acceptors (Lipinski definition) is 2. The molecule has 0 atom stereocenters. The van der Waals surface area contributed by atoms with Gasteiger partial charge in [-0.05, 0) is 6.26 Å². The zero-order chi connectivity index (χ0) is 9.14. The van der Waals surface area contributed by atoms with E-state index in [1.807, 2.05) is 12.3 Å². The van der Waals surface area contributed by atoms with Crippen molar-refractivity contribution in [2.24, 2.45) is 7.05 Å². The van der Waals surface area contributed by atoms with Crippen LogP contribution in [0.3, 0.4) is 0 Å². The summed E-state index contributed by atoms with van der Waals surface area (Å²) in [5, 5.41) is 8.76. The van der Waals surface area contributed by atoms with E-state index in [4.69, 9.17) is 5.11 Å². The summed E-state index contributed by atoms with van der Waals surface area (Å²) in [6, 6.07) is 3.55. The minimum Gasteiger partial charge on any atom is -0.473 e. The van der Waals surface area contributed by atoms with Gasteiger partial charge in [-0.3, -0.25) is 0 Å². The summed E-state index contributed by atoms with van der Waals surface area (Å²) >= 11 is 1.53. The SMILES string of the molecule is CSc1cc[n+](C)c(C(=O)O)c1. The number of hydrogen-bond donors (Lipinski definition) is 1. The molecule has 0 saturated heterocycles. The minimum atomic E-state index is -0.895. The molecule has 1 N–H and O–H groups in total. The average Bonchev–Trinajstić information content (AvgIpc) is 2.05. The van der Waals surface area contributed by atoms with Crippen LogP contribution >= 0.6 is 11.8 Å². The van der Waals surface area contributed by atoms with Gasteiger partial charge in [0.2, 0.25) is 0 Å². The first-order valence-electron chi connectivity index (χ1n) is 3.42. The lowest BCUT2D eigenvalue weighted by atomic mass is 10.3. The van der Waals surface area contributed by atoms with E-state index < -0.39 is 5.97 Å². The van der Waals surface area contributed by atoms with Gasteiger partial charge in [-0.2, -0.15) is 4.57 Å². The maximum absolute atomic E-state index is 10.7. The average molecular weight is 184 g/mol. The molecule has 0 aliphatic rings. The van der Waals surface area contributed by atoms with Gasteiger partial charge in [-0.15, -0.1) is 11.8 Å². The third kappa shape index (κ3) is 1.76. The van der Waals surface area contributed by atoms with Crippen LogP contribution in [0.4, 0.5) is 0 Å². The van der Waals surface area contributed by atoms with Crippen molar-refractivity contribution in [1.82, 2.24) is 0 Å². The van der Waals surface area contributed by atoms with Gasteiger partial charge in [0.05, 0.1) is 0 Å². The van der Waals surface area contributed by atoms with Crippen molar-refractivity contribution in [1.29, 1.82) is 0 Å². The molecule has 64 valence electrons. The zero-order valence-corrected chi connectivity index (χ0v) is 7.76. The Labute approximate surface area is 75.0 Å². The minimum absolute atomic E-state index is 0.307. The van der Waals surface area contributed by atoms with Crippen molar-refractivity contribution in [3.63, 3.8) is 0 Å². The van der Waals surface area contributed by atoms with Gasteiger partial charge in [-0.1, -0.05) is 0 Å². The van der Waals surface area contributed by atoms with Crippen molar-refractivity contribution in [2.45, 2.75) is 4.90 Å². The molecule has 0 fully saturated rings. The fraction of sp³-hybridized carbons (Fsp3) is 0.250. The van der Waals surface area contributed by atoms with Crippen molar-refractivity contribution >= 4 is 17.7 Å². The number of pyridine rings is 1. The summed E-state index contributed by atoms with van der Waals surface area (Å²) < 4.78 is 1.59. The molecule has 0 aliphatic carbocycles. The fourth-order valence-corrected chi connectivity index (χ4v) is 1.32. The summed E-state index contributed by atoms with van der Waals surface area (Å²) in [6.07, 6.45) is 3.66. The fourth-order valence-electron chi connectivity index (χ4n) is 0.890. The Kier molecular flexibility index (Phi) is 2.70. The maximum Gasteiger partial charge on any atom is 0.401 e.